The zero-order valence-corrected chi connectivity index (χ0v) is 8.55. The summed E-state index contributed by atoms with van der Waals surface area (Å²) in [4.78, 5) is 10.6. The highest BCUT2D eigenvalue weighted by atomic mass is 19.2. The molecule has 0 saturated carbocycles. The van der Waals surface area contributed by atoms with Crippen molar-refractivity contribution >= 4 is 5.97 Å². The Morgan fingerprint density at radius 2 is 2.07 bits per heavy atom. The quantitative estimate of drug-likeness (QED) is 0.839. The molecule has 1 atom stereocenters. The maximum Gasteiger partial charge on any atom is 0.306 e. The molecule has 1 N–H and O–H groups in total. The Morgan fingerprint density at radius 3 is 2.53 bits per heavy atom. The summed E-state index contributed by atoms with van der Waals surface area (Å²) in [5.41, 5.74) is 0.698. The summed E-state index contributed by atoms with van der Waals surface area (Å²) in [5, 5.41) is 8.67. The summed E-state index contributed by atoms with van der Waals surface area (Å²) in [5.74, 6) is -3.35. The minimum atomic E-state index is -0.947. The van der Waals surface area contributed by atoms with E-state index in [4.69, 9.17) is 5.11 Å². The summed E-state index contributed by atoms with van der Waals surface area (Å²) >= 11 is 0. The van der Waals surface area contributed by atoms with Crippen LogP contribution in [0.3, 0.4) is 0 Å². The Hall–Kier alpha value is -1.45. The highest BCUT2D eigenvalue weighted by molar-refractivity contribution is 5.69. The van der Waals surface area contributed by atoms with Crippen molar-refractivity contribution in [2.75, 3.05) is 0 Å². The van der Waals surface area contributed by atoms with Crippen LogP contribution in [0.1, 0.15) is 18.1 Å². The molecule has 0 spiro atoms. The Bertz CT molecular complexity index is 365. The van der Waals surface area contributed by atoms with Crippen LogP contribution in [0.2, 0.25) is 0 Å². The largest absolute Gasteiger partial charge is 0.481 e. The van der Waals surface area contributed by atoms with Crippen LogP contribution in [0.4, 0.5) is 8.78 Å². The second-order valence-electron chi connectivity index (χ2n) is 3.65. The summed E-state index contributed by atoms with van der Waals surface area (Å²) < 4.78 is 25.9. The SMILES string of the molecule is Cc1cc(CC(C)C(=O)O)cc(F)c1F. The predicted octanol–water partition coefficient (Wildman–Crippen LogP) is 2.54. The van der Waals surface area contributed by atoms with Crippen molar-refractivity contribution in [1.29, 1.82) is 0 Å². The van der Waals surface area contributed by atoms with E-state index < -0.39 is 23.5 Å². The van der Waals surface area contributed by atoms with Crippen LogP contribution < -0.4 is 0 Å². The van der Waals surface area contributed by atoms with E-state index in [-0.39, 0.29) is 12.0 Å². The maximum absolute atomic E-state index is 13.0. The molecule has 0 amide bonds. The molecule has 0 fully saturated rings. The highest BCUT2D eigenvalue weighted by Gasteiger charge is 2.14. The first-order chi connectivity index (χ1) is 6.91. The van der Waals surface area contributed by atoms with E-state index in [0.717, 1.165) is 6.07 Å². The molecule has 0 heterocycles. The third-order valence-electron chi connectivity index (χ3n) is 2.23. The number of benzene rings is 1. The fraction of sp³-hybridized carbons (Fsp3) is 0.364. The minimum Gasteiger partial charge on any atom is -0.481 e. The fourth-order valence-corrected chi connectivity index (χ4v) is 1.36. The lowest BCUT2D eigenvalue weighted by Crippen LogP contribution is -2.12. The van der Waals surface area contributed by atoms with Gasteiger partial charge < -0.3 is 5.11 Å². The molecule has 0 bridgehead atoms. The van der Waals surface area contributed by atoms with E-state index in [2.05, 4.69) is 0 Å². The van der Waals surface area contributed by atoms with E-state index in [1.165, 1.54) is 19.9 Å². The molecule has 15 heavy (non-hydrogen) atoms. The van der Waals surface area contributed by atoms with Crippen LogP contribution in [0.15, 0.2) is 12.1 Å². The number of hydrogen-bond acceptors (Lipinski definition) is 1. The molecule has 4 heteroatoms. The number of hydrogen-bond donors (Lipinski definition) is 1. The number of carbonyl (C=O) groups is 1. The van der Waals surface area contributed by atoms with Gasteiger partial charge in [-0.2, -0.15) is 0 Å². The summed E-state index contributed by atoms with van der Waals surface area (Å²) in [6.45, 7) is 2.98. The van der Waals surface area contributed by atoms with Gasteiger partial charge in [0.15, 0.2) is 11.6 Å². The smallest absolute Gasteiger partial charge is 0.306 e. The van der Waals surface area contributed by atoms with Crippen molar-refractivity contribution in [2.24, 2.45) is 5.92 Å². The van der Waals surface area contributed by atoms with Gasteiger partial charge in [0.2, 0.25) is 0 Å². The Labute approximate surface area is 86.5 Å². The van der Waals surface area contributed by atoms with Gasteiger partial charge in [-0.1, -0.05) is 13.0 Å². The molecule has 0 aliphatic carbocycles. The van der Waals surface area contributed by atoms with Gasteiger partial charge in [-0.3, -0.25) is 4.79 Å². The topological polar surface area (TPSA) is 37.3 Å². The van der Waals surface area contributed by atoms with E-state index in [0.29, 0.717) is 5.56 Å². The molecule has 1 aromatic rings. The monoisotopic (exact) mass is 214 g/mol. The van der Waals surface area contributed by atoms with Gasteiger partial charge in [0.1, 0.15) is 0 Å². The van der Waals surface area contributed by atoms with Gasteiger partial charge in [0.05, 0.1) is 5.92 Å². The van der Waals surface area contributed by atoms with Crippen LogP contribution in [-0.2, 0) is 11.2 Å². The Kier molecular flexibility index (Phi) is 3.39. The van der Waals surface area contributed by atoms with Crippen LogP contribution in [0, 0.1) is 24.5 Å². The minimum absolute atomic E-state index is 0.197. The molecule has 0 saturated heterocycles. The molecular formula is C11H12F2O2. The van der Waals surface area contributed by atoms with Crippen LogP contribution in [0.5, 0.6) is 0 Å². The maximum atomic E-state index is 13.0. The van der Waals surface area contributed by atoms with Crippen molar-refractivity contribution in [1.82, 2.24) is 0 Å². The number of aliphatic carboxylic acids is 1. The van der Waals surface area contributed by atoms with Crippen molar-refractivity contribution in [3.8, 4) is 0 Å². The third-order valence-corrected chi connectivity index (χ3v) is 2.23. The normalized spacial score (nSPS) is 12.5. The predicted molar refractivity (Wildman–Crippen MR) is 51.6 cm³/mol. The van der Waals surface area contributed by atoms with E-state index in [1.54, 1.807) is 0 Å². The molecule has 1 aromatic carbocycles. The molecule has 2 nitrogen and oxygen atoms in total. The lowest BCUT2D eigenvalue weighted by Gasteiger charge is -2.08. The molecular weight excluding hydrogens is 202 g/mol. The standard InChI is InChI=1S/C11H12F2O2/c1-6-3-8(4-7(2)11(14)15)5-9(12)10(6)13/h3,5,7H,4H2,1-2H3,(H,14,15). The van der Waals surface area contributed by atoms with Gasteiger partial charge in [-0.25, -0.2) is 8.78 Å². The molecule has 0 aromatic heterocycles. The van der Waals surface area contributed by atoms with Crippen LogP contribution in [0.25, 0.3) is 0 Å². The van der Waals surface area contributed by atoms with Crippen LogP contribution >= 0.6 is 0 Å². The molecule has 0 radical (unpaired) electrons. The number of halogens is 2. The van der Waals surface area contributed by atoms with E-state index in [1.807, 2.05) is 0 Å². The van der Waals surface area contributed by atoms with Gasteiger partial charge in [-0.15, -0.1) is 0 Å². The molecule has 0 aliphatic heterocycles. The zero-order chi connectivity index (χ0) is 11.6. The third kappa shape index (κ3) is 2.75. The van der Waals surface area contributed by atoms with Gasteiger partial charge in [0.25, 0.3) is 0 Å². The molecule has 82 valence electrons. The zero-order valence-electron chi connectivity index (χ0n) is 8.55. The van der Waals surface area contributed by atoms with Crippen molar-refractivity contribution < 1.29 is 18.7 Å². The first-order valence-electron chi connectivity index (χ1n) is 4.59. The first-order valence-corrected chi connectivity index (χ1v) is 4.59. The second-order valence-corrected chi connectivity index (χ2v) is 3.65. The lowest BCUT2D eigenvalue weighted by atomic mass is 9.99. The van der Waals surface area contributed by atoms with Crippen molar-refractivity contribution in [2.45, 2.75) is 20.3 Å². The molecule has 1 unspecified atom stereocenters. The second kappa shape index (κ2) is 4.38. The average Bonchev–Trinajstić information content (AvgIpc) is 2.13. The van der Waals surface area contributed by atoms with Gasteiger partial charge in [-0.05, 0) is 30.5 Å². The van der Waals surface area contributed by atoms with Crippen molar-refractivity contribution in [3.63, 3.8) is 0 Å². The summed E-state index contributed by atoms with van der Waals surface area (Å²) in [7, 11) is 0. The van der Waals surface area contributed by atoms with Gasteiger partial charge >= 0.3 is 5.97 Å². The van der Waals surface area contributed by atoms with Gasteiger partial charge in [0, 0.05) is 0 Å². The number of rotatable bonds is 3. The Balaban J connectivity index is 2.92. The Morgan fingerprint density at radius 1 is 1.47 bits per heavy atom. The van der Waals surface area contributed by atoms with E-state index >= 15 is 0 Å². The van der Waals surface area contributed by atoms with Crippen LogP contribution in [-0.4, -0.2) is 11.1 Å². The first kappa shape index (κ1) is 11.6. The van der Waals surface area contributed by atoms with E-state index in [9.17, 15) is 13.6 Å². The molecule has 0 aliphatic rings. The number of carboxylic acid groups (broad SMARTS) is 1. The highest BCUT2D eigenvalue weighted by Crippen LogP contribution is 2.17. The average molecular weight is 214 g/mol. The summed E-state index contributed by atoms with van der Waals surface area (Å²) in [6, 6.07) is 2.51. The number of aryl methyl sites for hydroxylation is 1. The fourth-order valence-electron chi connectivity index (χ4n) is 1.36. The summed E-state index contributed by atoms with van der Waals surface area (Å²) in [6.07, 6.45) is 0.202. The molecule has 1 rings (SSSR count). The number of carboxylic acids is 1. The lowest BCUT2D eigenvalue weighted by molar-refractivity contribution is -0.141. The van der Waals surface area contributed by atoms with Crippen molar-refractivity contribution in [3.05, 3.63) is 34.9 Å².